The predicted molar refractivity (Wildman–Crippen MR) is 52.8 cm³/mol. The highest BCUT2D eigenvalue weighted by Gasteiger charge is 2.61. The molecule has 21 heavy (non-hydrogen) atoms. The Kier molecular flexibility index (Phi) is 3.35. The van der Waals surface area contributed by atoms with Crippen LogP contribution in [-0.4, -0.2) is 23.2 Å². The maximum atomic E-state index is 13.5. The molecule has 0 radical (unpaired) electrons. The van der Waals surface area contributed by atoms with Crippen LogP contribution in [0.15, 0.2) is 5.10 Å². The van der Waals surface area contributed by atoms with E-state index in [1.807, 2.05) is 0 Å². The van der Waals surface area contributed by atoms with E-state index in [0.717, 1.165) is 0 Å². The van der Waals surface area contributed by atoms with Gasteiger partial charge in [-0.2, -0.15) is 18.3 Å². The van der Waals surface area contributed by atoms with Crippen LogP contribution in [0.1, 0.15) is 6.42 Å². The normalized spacial score (nSPS) is 22.2. The molecule has 0 saturated heterocycles. The lowest BCUT2D eigenvalue weighted by Gasteiger charge is -2.34. The van der Waals surface area contributed by atoms with E-state index < -0.39 is 58.1 Å². The van der Waals surface area contributed by atoms with Gasteiger partial charge in [-0.1, -0.05) is 0 Å². The summed E-state index contributed by atoms with van der Waals surface area (Å²) in [6.07, 6.45) is -6.26. The number of alkyl halides is 3. The molecular formula is C10H4F8N2O. The van der Waals surface area contributed by atoms with Gasteiger partial charge in [-0.25, -0.2) is 27.0 Å². The Hall–Kier alpha value is -1.91. The first-order chi connectivity index (χ1) is 9.52. The van der Waals surface area contributed by atoms with Crippen molar-refractivity contribution in [1.82, 2.24) is 0 Å². The van der Waals surface area contributed by atoms with E-state index in [-0.39, 0.29) is 0 Å². The van der Waals surface area contributed by atoms with Crippen molar-refractivity contribution in [2.24, 2.45) is 5.10 Å². The number of anilines is 1. The molecule has 0 aliphatic carbocycles. The van der Waals surface area contributed by atoms with E-state index in [9.17, 15) is 40.2 Å². The topological polar surface area (TPSA) is 35.8 Å². The third-order valence-corrected chi connectivity index (χ3v) is 2.78. The van der Waals surface area contributed by atoms with Crippen molar-refractivity contribution in [3.05, 3.63) is 29.1 Å². The fraction of sp³-hybridized carbons (Fsp3) is 0.300. The number of rotatable bonds is 1. The summed E-state index contributed by atoms with van der Waals surface area (Å²) in [7, 11) is 0. The highest BCUT2D eigenvalue weighted by Crippen LogP contribution is 2.43. The van der Waals surface area contributed by atoms with Crippen molar-refractivity contribution in [3.63, 3.8) is 0 Å². The maximum Gasteiger partial charge on any atom is 0.438 e. The highest BCUT2D eigenvalue weighted by atomic mass is 19.4. The van der Waals surface area contributed by atoms with E-state index in [1.165, 1.54) is 0 Å². The standard InChI is InChI=1S/C10H4F8N2O/c11-3-4(12)6(14)8(7(15)5(3)13)20-9(21,1-2-19-20)10(16,17)18/h2,21H,1H2. The molecule has 1 aliphatic rings. The molecule has 0 bridgehead atoms. The average molecular weight is 320 g/mol. The van der Waals surface area contributed by atoms with Crippen LogP contribution < -0.4 is 5.01 Å². The molecule has 0 spiro atoms. The lowest BCUT2D eigenvalue weighted by Crippen LogP contribution is -2.55. The zero-order chi connectivity index (χ0) is 16.2. The molecule has 1 heterocycles. The molecule has 0 fully saturated rings. The summed E-state index contributed by atoms with van der Waals surface area (Å²) in [5, 5.41) is 11.6. The quantitative estimate of drug-likeness (QED) is 0.491. The van der Waals surface area contributed by atoms with Gasteiger partial charge < -0.3 is 5.11 Å². The SMILES string of the molecule is OC1(C(F)(F)F)CC=NN1c1c(F)c(F)c(F)c(F)c1F. The van der Waals surface area contributed by atoms with E-state index in [4.69, 9.17) is 0 Å². The maximum absolute atomic E-state index is 13.5. The van der Waals surface area contributed by atoms with Gasteiger partial charge in [-0.3, -0.25) is 0 Å². The van der Waals surface area contributed by atoms with Gasteiger partial charge in [0, 0.05) is 12.6 Å². The van der Waals surface area contributed by atoms with Crippen molar-refractivity contribution < 1.29 is 40.2 Å². The Morgan fingerprint density at radius 3 is 1.81 bits per heavy atom. The summed E-state index contributed by atoms with van der Waals surface area (Å²) in [6, 6.07) is 0. The smallest absolute Gasteiger partial charge is 0.362 e. The first kappa shape index (κ1) is 15.5. The number of hydrogen-bond donors (Lipinski definition) is 1. The molecule has 0 saturated carbocycles. The van der Waals surface area contributed by atoms with E-state index in [2.05, 4.69) is 5.10 Å². The van der Waals surface area contributed by atoms with Gasteiger partial charge >= 0.3 is 6.18 Å². The van der Waals surface area contributed by atoms with E-state index in [0.29, 0.717) is 6.21 Å². The van der Waals surface area contributed by atoms with Crippen molar-refractivity contribution in [2.45, 2.75) is 18.3 Å². The van der Waals surface area contributed by atoms with Crippen LogP contribution >= 0.6 is 0 Å². The monoisotopic (exact) mass is 320 g/mol. The largest absolute Gasteiger partial charge is 0.438 e. The van der Waals surface area contributed by atoms with Crippen LogP contribution in [0, 0.1) is 29.1 Å². The molecule has 1 aromatic carbocycles. The second-order valence-electron chi connectivity index (χ2n) is 4.05. The van der Waals surface area contributed by atoms with Gasteiger partial charge in [-0.15, -0.1) is 0 Å². The molecule has 0 aromatic heterocycles. The van der Waals surface area contributed by atoms with Crippen molar-refractivity contribution in [2.75, 3.05) is 5.01 Å². The van der Waals surface area contributed by atoms with E-state index in [1.54, 1.807) is 0 Å². The Bertz CT molecular complexity index is 599. The van der Waals surface area contributed by atoms with Gasteiger partial charge in [0.05, 0.1) is 0 Å². The molecule has 11 heteroatoms. The number of halogens is 8. The molecule has 1 aromatic rings. The minimum absolute atomic E-state index is 0.436. The number of hydrazone groups is 1. The summed E-state index contributed by atoms with van der Waals surface area (Å²) in [5.74, 6) is -12.5. The second kappa shape index (κ2) is 4.55. The number of aliphatic hydroxyl groups is 1. The third-order valence-electron chi connectivity index (χ3n) is 2.78. The zero-order valence-corrected chi connectivity index (χ0v) is 9.65. The van der Waals surface area contributed by atoms with Gasteiger partial charge in [0.25, 0.3) is 5.72 Å². The molecule has 1 aliphatic heterocycles. The third kappa shape index (κ3) is 2.03. The van der Waals surface area contributed by atoms with E-state index >= 15 is 0 Å². The summed E-state index contributed by atoms with van der Waals surface area (Å²) >= 11 is 0. The van der Waals surface area contributed by atoms with Gasteiger partial charge in [0.2, 0.25) is 5.82 Å². The molecule has 1 atom stereocenters. The molecule has 2 rings (SSSR count). The number of hydrogen-bond acceptors (Lipinski definition) is 3. The molecule has 1 unspecified atom stereocenters. The Morgan fingerprint density at radius 1 is 0.952 bits per heavy atom. The molecule has 0 amide bonds. The summed E-state index contributed by atoms with van der Waals surface area (Å²) < 4.78 is 104. The van der Waals surface area contributed by atoms with Crippen LogP contribution in [0.4, 0.5) is 40.8 Å². The molecule has 116 valence electrons. The minimum Gasteiger partial charge on any atom is -0.362 e. The van der Waals surface area contributed by atoms with Crippen molar-refractivity contribution in [1.29, 1.82) is 0 Å². The summed E-state index contributed by atoms with van der Waals surface area (Å²) in [5.41, 5.74) is -5.90. The van der Waals surface area contributed by atoms with Gasteiger partial charge in [0.1, 0.15) is 5.69 Å². The highest BCUT2D eigenvalue weighted by molar-refractivity contribution is 5.69. The fourth-order valence-corrected chi connectivity index (χ4v) is 1.69. The summed E-state index contributed by atoms with van der Waals surface area (Å²) in [4.78, 5) is 0. The fourth-order valence-electron chi connectivity index (χ4n) is 1.69. The summed E-state index contributed by atoms with van der Waals surface area (Å²) in [6.45, 7) is 0. The second-order valence-corrected chi connectivity index (χ2v) is 4.05. The lowest BCUT2D eigenvalue weighted by molar-refractivity contribution is -0.254. The zero-order valence-electron chi connectivity index (χ0n) is 9.65. The first-order valence-corrected chi connectivity index (χ1v) is 5.15. The Balaban J connectivity index is 2.70. The average Bonchev–Trinajstić information content (AvgIpc) is 2.78. The van der Waals surface area contributed by atoms with Crippen LogP contribution in [0.3, 0.4) is 0 Å². The molecule has 3 nitrogen and oxygen atoms in total. The van der Waals surface area contributed by atoms with Crippen LogP contribution in [0.5, 0.6) is 0 Å². The Morgan fingerprint density at radius 2 is 1.38 bits per heavy atom. The van der Waals surface area contributed by atoms with Crippen LogP contribution in [0.25, 0.3) is 0 Å². The minimum atomic E-state index is -5.45. The predicted octanol–water partition coefficient (Wildman–Crippen LogP) is 2.83. The first-order valence-electron chi connectivity index (χ1n) is 5.15. The van der Waals surface area contributed by atoms with Crippen molar-refractivity contribution in [3.8, 4) is 0 Å². The van der Waals surface area contributed by atoms with Gasteiger partial charge in [-0.05, 0) is 0 Å². The number of benzene rings is 1. The Labute approximate surface area is 111 Å². The molecule has 1 N–H and O–H groups in total. The van der Waals surface area contributed by atoms with Crippen LogP contribution in [-0.2, 0) is 0 Å². The lowest BCUT2D eigenvalue weighted by atomic mass is 10.1. The molecular weight excluding hydrogens is 316 g/mol. The van der Waals surface area contributed by atoms with Crippen molar-refractivity contribution >= 4 is 11.9 Å². The van der Waals surface area contributed by atoms with Gasteiger partial charge in [0.15, 0.2) is 23.3 Å². The number of nitrogens with zero attached hydrogens (tertiary/aromatic N) is 2. The van der Waals surface area contributed by atoms with Crippen LogP contribution in [0.2, 0.25) is 0 Å².